The first-order valence-corrected chi connectivity index (χ1v) is 5.27. The summed E-state index contributed by atoms with van der Waals surface area (Å²) < 4.78 is 10.3. The van der Waals surface area contributed by atoms with Crippen LogP contribution in [0.25, 0.3) is 6.08 Å². The van der Waals surface area contributed by atoms with Crippen molar-refractivity contribution in [3.05, 3.63) is 48.2 Å². The second-order valence-corrected chi connectivity index (χ2v) is 3.24. The van der Waals surface area contributed by atoms with Crippen LogP contribution in [0, 0.1) is 22.7 Å². The third kappa shape index (κ3) is 4.42. The molecule has 0 N–H and O–H groups in total. The fourth-order valence-electron chi connectivity index (χ4n) is 1.21. The monoisotopic (exact) mass is 240 g/mol. The highest BCUT2D eigenvalue weighted by Crippen LogP contribution is 2.14. The van der Waals surface area contributed by atoms with Crippen molar-refractivity contribution in [1.82, 2.24) is 0 Å². The predicted octanol–water partition coefficient (Wildman–Crippen LogP) is 2.66. The first-order valence-electron chi connectivity index (χ1n) is 5.27. The Balaban J connectivity index is 2.58. The molecule has 4 heteroatoms. The molecule has 4 nitrogen and oxygen atoms in total. The minimum absolute atomic E-state index is 0.0723. The van der Waals surface area contributed by atoms with Crippen LogP contribution in [0.2, 0.25) is 0 Å². The van der Waals surface area contributed by atoms with Crippen molar-refractivity contribution in [2.75, 3.05) is 13.2 Å². The molecule has 18 heavy (non-hydrogen) atoms. The Morgan fingerprint density at radius 2 is 1.83 bits per heavy atom. The Morgan fingerprint density at radius 1 is 1.17 bits per heavy atom. The summed E-state index contributed by atoms with van der Waals surface area (Å²) >= 11 is 0. The van der Waals surface area contributed by atoms with Crippen molar-refractivity contribution in [1.29, 1.82) is 10.5 Å². The van der Waals surface area contributed by atoms with Gasteiger partial charge in [-0.15, -0.1) is 0 Å². The van der Waals surface area contributed by atoms with E-state index < -0.39 is 0 Å². The van der Waals surface area contributed by atoms with E-state index in [1.54, 1.807) is 36.4 Å². The molecule has 1 rings (SSSR count). The van der Waals surface area contributed by atoms with Crippen molar-refractivity contribution < 1.29 is 9.47 Å². The zero-order chi connectivity index (χ0) is 13.2. The van der Waals surface area contributed by atoms with Crippen molar-refractivity contribution in [2.24, 2.45) is 0 Å². The molecule has 90 valence electrons. The van der Waals surface area contributed by atoms with E-state index in [1.807, 2.05) is 0 Å². The van der Waals surface area contributed by atoms with Crippen molar-refractivity contribution in [3.63, 3.8) is 0 Å². The SMILES string of the molecule is C=COCCOc1ccc(C=C(C#N)C#N)cc1. The number of nitrogens with zero attached hydrogens (tertiary/aromatic N) is 2. The Hall–Kier alpha value is -2.72. The maximum absolute atomic E-state index is 8.62. The molecule has 0 aliphatic carbocycles. The number of benzene rings is 1. The third-order valence-electron chi connectivity index (χ3n) is 2.02. The molecule has 0 heterocycles. The second kappa shape index (κ2) is 7.54. The summed E-state index contributed by atoms with van der Waals surface area (Å²) in [6.07, 6.45) is 2.88. The molecule has 0 aliphatic heterocycles. The highest BCUT2D eigenvalue weighted by molar-refractivity contribution is 5.62. The largest absolute Gasteiger partial charge is 0.498 e. The van der Waals surface area contributed by atoms with Crippen LogP contribution in [0.3, 0.4) is 0 Å². The van der Waals surface area contributed by atoms with Crippen LogP contribution in [0.5, 0.6) is 5.75 Å². The number of rotatable bonds is 6. The van der Waals surface area contributed by atoms with Gasteiger partial charge in [-0.1, -0.05) is 18.7 Å². The van der Waals surface area contributed by atoms with Crippen LogP contribution in [0.15, 0.2) is 42.7 Å². The van der Waals surface area contributed by atoms with E-state index in [-0.39, 0.29) is 5.57 Å². The summed E-state index contributed by atoms with van der Waals surface area (Å²) in [5.74, 6) is 0.704. The van der Waals surface area contributed by atoms with Gasteiger partial charge in [0.05, 0.1) is 6.26 Å². The Bertz CT molecular complexity index is 488. The van der Waals surface area contributed by atoms with Gasteiger partial charge in [0.2, 0.25) is 0 Å². The van der Waals surface area contributed by atoms with Crippen LogP contribution in [0.1, 0.15) is 5.56 Å². The van der Waals surface area contributed by atoms with E-state index in [2.05, 4.69) is 6.58 Å². The van der Waals surface area contributed by atoms with Gasteiger partial charge in [0.15, 0.2) is 0 Å². The van der Waals surface area contributed by atoms with Gasteiger partial charge in [0.1, 0.15) is 36.7 Å². The molecule has 0 atom stereocenters. The van der Waals surface area contributed by atoms with Gasteiger partial charge in [-0.05, 0) is 23.8 Å². The molecule has 0 bridgehead atoms. The van der Waals surface area contributed by atoms with Gasteiger partial charge in [0.25, 0.3) is 0 Å². The number of hydrogen-bond donors (Lipinski definition) is 0. The van der Waals surface area contributed by atoms with E-state index in [1.165, 1.54) is 12.3 Å². The van der Waals surface area contributed by atoms with Crippen LogP contribution in [-0.2, 0) is 4.74 Å². The molecule has 1 aromatic rings. The van der Waals surface area contributed by atoms with Gasteiger partial charge in [0, 0.05) is 0 Å². The first-order chi connectivity index (χ1) is 8.80. The summed E-state index contributed by atoms with van der Waals surface area (Å²) in [4.78, 5) is 0. The Kier molecular flexibility index (Phi) is 5.59. The fraction of sp³-hybridized carbons (Fsp3) is 0.143. The third-order valence-corrected chi connectivity index (χ3v) is 2.02. The minimum atomic E-state index is 0.0723. The molecule has 0 fully saturated rings. The predicted molar refractivity (Wildman–Crippen MR) is 67.3 cm³/mol. The van der Waals surface area contributed by atoms with E-state index in [9.17, 15) is 0 Å². The Morgan fingerprint density at radius 3 is 2.39 bits per heavy atom. The van der Waals surface area contributed by atoms with Crippen molar-refractivity contribution >= 4 is 6.08 Å². The summed E-state index contributed by atoms with van der Waals surface area (Å²) in [6.45, 7) is 4.30. The summed E-state index contributed by atoms with van der Waals surface area (Å²) in [5, 5.41) is 17.2. The average Bonchev–Trinajstić information content (AvgIpc) is 2.42. The van der Waals surface area contributed by atoms with Crippen LogP contribution in [0.4, 0.5) is 0 Å². The quantitative estimate of drug-likeness (QED) is 0.435. The lowest BCUT2D eigenvalue weighted by molar-refractivity contribution is 0.179. The number of hydrogen-bond acceptors (Lipinski definition) is 4. The molecule has 0 aromatic heterocycles. The van der Waals surface area contributed by atoms with Gasteiger partial charge < -0.3 is 9.47 Å². The molecular formula is C14H12N2O2. The molecule has 0 unspecified atom stereocenters. The van der Waals surface area contributed by atoms with E-state index in [0.29, 0.717) is 19.0 Å². The first kappa shape index (κ1) is 13.3. The Labute approximate surface area is 106 Å². The molecule has 0 saturated heterocycles. The standard InChI is InChI=1S/C14H12N2O2/c1-2-17-7-8-18-14-5-3-12(4-6-14)9-13(10-15)11-16/h2-6,9H,1,7-8H2. The molecule has 0 radical (unpaired) electrons. The maximum atomic E-state index is 8.62. The number of ether oxygens (including phenoxy) is 2. The van der Waals surface area contributed by atoms with Crippen molar-refractivity contribution in [3.8, 4) is 17.9 Å². The highest BCUT2D eigenvalue weighted by Gasteiger charge is 1.96. The molecule has 0 aliphatic rings. The normalized spacial score (nSPS) is 8.56. The summed E-state index contributed by atoms with van der Waals surface area (Å²) in [5.41, 5.74) is 0.853. The maximum Gasteiger partial charge on any atom is 0.130 e. The van der Waals surface area contributed by atoms with E-state index >= 15 is 0 Å². The average molecular weight is 240 g/mol. The fourth-order valence-corrected chi connectivity index (χ4v) is 1.21. The molecule has 1 aromatic carbocycles. The smallest absolute Gasteiger partial charge is 0.130 e. The lowest BCUT2D eigenvalue weighted by atomic mass is 10.1. The van der Waals surface area contributed by atoms with E-state index in [0.717, 1.165) is 5.56 Å². The second-order valence-electron chi connectivity index (χ2n) is 3.24. The molecular weight excluding hydrogens is 228 g/mol. The van der Waals surface area contributed by atoms with Gasteiger partial charge in [-0.3, -0.25) is 0 Å². The lowest BCUT2D eigenvalue weighted by Crippen LogP contribution is -2.03. The topological polar surface area (TPSA) is 66.0 Å². The highest BCUT2D eigenvalue weighted by atomic mass is 16.5. The molecule has 0 saturated carbocycles. The van der Waals surface area contributed by atoms with Crippen LogP contribution < -0.4 is 4.74 Å². The van der Waals surface area contributed by atoms with Gasteiger partial charge in [-0.2, -0.15) is 10.5 Å². The lowest BCUT2D eigenvalue weighted by Gasteiger charge is -2.05. The van der Waals surface area contributed by atoms with Crippen molar-refractivity contribution in [2.45, 2.75) is 0 Å². The molecule has 0 amide bonds. The summed E-state index contributed by atoms with van der Waals surface area (Å²) in [6, 6.07) is 10.7. The van der Waals surface area contributed by atoms with Crippen LogP contribution in [-0.4, -0.2) is 13.2 Å². The molecule has 0 spiro atoms. The van der Waals surface area contributed by atoms with Gasteiger partial charge >= 0.3 is 0 Å². The zero-order valence-electron chi connectivity index (χ0n) is 9.80. The summed E-state index contributed by atoms with van der Waals surface area (Å²) in [7, 11) is 0. The number of nitriles is 2. The van der Waals surface area contributed by atoms with Crippen LogP contribution >= 0.6 is 0 Å². The van der Waals surface area contributed by atoms with E-state index in [4.69, 9.17) is 20.0 Å². The zero-order valence-corrected chi connectivity index (χ0v) is 9.80. The van der Waals surface area contributed by atoms with Gasteiger partial charge in [-0.25, -0.2) is 0 Å². The number of allylic oxidation sites excluding steroid dienone is 1. The minimum Gasteiger partial charge on any atom is -0.498 e.